The Morgan fingerprint density at radius 2 is 1.92 bits per heavy atom. The van der Waals surface area contributed by atoms with Crippen LogP contribution in [-0.4, -0.2) is 42.6 Å². The summed E-state index contributed by atoms with van der Waals surface area (Å²) in [7, 11) is 1.51. The van der Waals surface area contributed by atoms with Crippen LogP contribution >= 0.6 is 0 Å². The number of aliphatic hydroxyl groups excluding tert-OH is 1. The molecular formula is C27H30N6O4. The lowest BCUT2D eigenvalue weighted by Crippen LogP contribution is -2.30. The molecule has 3 N–H and O–H groups in total. The Bertz CT molecular complexity index is 1530. The van der Waals surface area contributed by atoms with E-state index in [0.29, 0.717) is 11.5 Å². The number of fused-ring (bicyclic) bond motifs is 1. The van der Waals surface area contributed by atoms with Crippen LogP contribution < -0.4 is 21.4 Å². The molecule has 192 valence electrons. The number of hydrazone groups is 1. The number of aromatic nitrogens is 4. The first kappa shape index (κ1) is 25.6. The fourth-order valence-electron chi connectivity index (χ4n) is 3.73. The van der Waals surface area contributed by atoms with E-state index in [1.165, 1.54) is 21.7 Å². The molecule has 2 aromatic heterocycles. The molecule has 10 nitrogen and oxygen atoms in total. The van der Waals surface area contributed by atoms with Crippen molar-refractivity contribution in [3.8, 4) is 5.75 Å². The van der Waals surface area contributed by atoms with Crippen LogP contribution in [0, 0.1) is 0 Å². The van der Waals surface area contributed by atoms with Gasteiger partial charge in [0, 0.05) is 7.05 Å². The van der Waals surface area contributed by atoms with E-state index in [2.05, 4.69) is 27.4 Å². The minimum atomic E-state index is -0.969. The second-order valence-electron chi connectivity index (χ2n) is 8.61. The minimum Gasteiger partial charge on any atom is -0.491 e. The van der Waals surface area contributed by atoms with Crippen LogP contribution in [0.3, 0.4) is 0 Å². The van der Waals surface area contributed by atoms with Crippen LogP contribution in [0.4, 0.5) is 5.95 Å². The van der Waals surface area contributed by atoms with Gasteiger partial charge in [0.25, 0.3) is 5.56 Å². The number of benzene rings is 2. The topological polar surface area (TPSA) is 127 Å². The Labute approximate surface area is 213 Å². The lowest BCUT2D eigenvalue weighted by atomic mass is 10.2. The lowest BCUT2D eigenvalue weighted by molar-refractivity contribution is 0.0938. The SMILES string of the molecule is CCc1ccc(OCC(O)Cn2c(NN=C(C)C=Cc3ccccc3)nc3c2c(=O)[nH]c(=O)n3C)cc1. The maximum Gasteiger partial charge on any atom is 0.329 e. The first-order chi connectivity index (χ1) is 17.9. The summed E-state index contributed by atoms with van der Waals surface area (Å²) in [5.74, 6) is 0.844. The van der Waals surface area contributed by atoms with Crippen molar-refractivity contribution in [1.82, 2.24) is 19.1 Å². The number of aryl methyl sites for hydroxylation is 2. The van der Waals surface area contributed by atoms with Gasteiger partial charge < -0.3 is 14.4 Å². The van der Waals surface area contributed by atoms with Gasteiger partial charge in [-0.1, -0.05) is 55.5 Å². The van der Waals surface area contributed by atoms with Gasteiger partial charge in [-0.3, -0.25) is 14.3 Å². The summed E-state index contributed by atoms with van der Waals surface area (Å²) in [6.07, 6.45) is 3.72. The Morgan fingerprint density at radius 1 is 1.19 bits per heavy atom. The first-order valence-corrected chi connectivity index (χ1v) is 12.0. The van der Waals surface area contributed by atoms with Crippen LogP contribution in [0.15, 0.2) is 75.4 Å². The van der Waals surface area contributed by atoms with Gasteiger partial charge in [-0.05, 0) is 42.7 Å². The van der Waals surface area contributed by atoms with Crippen LogP contribution in [0.5, 0.6) is 5.75 Å². The van der Waals surface area contributed by atoms with E-state index >= 15 is 0 Å². The number of H-pyrrole nitrogens is 1. The van der Waals surface area contributed by atoms with Crippen molar-refractivity contribution in [2.75, 3.05) is 12.0 Å². The zero-order chi connectivity index (χ0) is 26.4. The number of imidazole rings is 1. The fraction of sp³-hybridized carbons (Fsp3) is 0.259. The highest BCUT2D eigenvalue weighted by Gasteiger charge is 2.20. The van der Waals surface area contributed by atoms with E-state index in [4.69, 9.17) is 4.74 Å². The molecule has 0 amide bonds. The number of hydrogen-bond acceptors (Lipinski definition) is 7. The van der Waals surface area contributed by atoms with Crippen LogP contribution in [0.1, 0.15) is 25.0 Å². The average Bonchev–Trinajstić information content (AvgIpc) is 3.27. The summed E-state index contributed by atoms with van der Waals surface area (Å²) in [4.78, 5) is 31.5. The Hall–Kier alpha value is -4.44. The molecule has 0 spiro atoms. The number of ether oxygens (including phenoxy) is 1. The molecule has 10 heteroatoms. The Morgan fingerprint density at radius 3 is 2.62 bits per heavy atom. The molecule has 0 saturated carbocycles. The maximum absolute atomic E-state index is 12.7. The highest BCUT2D eigenvalue weighted by molar-refractivity contribution is 5.96. The van der Waals surface area contributed by atoms with Crippen LogP contribution in [0.2, 0.25) is 0 Å². The molecule has 0 aliphatic heterocycles. The molecule has 37 heavy (non-hydrogen) atoms. The Kier molecular flexibility index (Phi) is 7.99. The van der Waals surface area contributed by atoms with Gasteiger partial charge in [0.2, 0.25) is 5.95 Å². The third-order valence-corrected chi connectivity index (χ3v) is 5.82. The zero-order valence-corrected chi connectivity index (χ0v) is 21.0. The highest BCUT2D eigenvalue weighted by Crippen LogP contribution is 2.17. The molecule has 0 bridgehead atoms. The zero-order valence-electron chi connectivity index (χ0n) is 21.0. The van der Waals surface area contributed by atoms with Crippen molar-refractivity contribution >= 4 is 28.9 Å². The van der Waals surface area contributed by atoms with Gasteiger partial charge in [0.05, 0.1) is 12.3 Å². The summed E-state index contributed by atoms with van der Waals surface area (Å²) in [5, 5.41) is 15.1. The van der Waals surface area contributed by atoms with Crippen molar-refractivity contribution < 1.29 is 9.84 Å². The standard InChI is InChI=1S/C27H30N6O4/c1-4-19-12-14-22(15-13-19)37-17-21(34)16-33-23-24(32(3)27(36)29-25(23)35)28-26(33)31-30-18(2)10-11-20-8-6-5-7-9-20/h5-15,21,34H,4,16-17H2,1-3H3,(H,28,31)(H,29,35,36). The Balaban J connectivity index is 1.57. The van der Waals surface area contributed by atoms with Crippen LogP contribution in [-0.2, 0) is 20.0 Å². The van der Waals surface area contributed by atoms with Crippen molar-refractivity contribution in [2.24, 2.45) is 12.1 Å². The largest absolute Gasteiger partial charge is 0.491 e. The third-order valence-electron chi connectivity index (χ3n) is 5.82. The summed E-state index contributed by atoms with van der Waals surface area (Å²) in [5.41, 5.74) is 4.87. The predicted octanol–water partition coefficient (Wildman–Crippen LogP) is 2.93. The number of nitrogens with one attached hydrogen (secondary N) is 2. The van der Waals surface area contributed by atoms with Crippen molar-refractivity contribution in [2.45, 2.75) is 32.9 Å². The first-order valence-electron chi connectivity index (χ1n) is 12.0. The van der Waals surface area contributed by atoms with E-state index in [1.54, 1.807) is 0 Å². The number of aliphatic hydroxyl groups is 1. The van der Waals surface area contributed by atoms with Gasteiger partial charge in [-0.25, -0.2) is 10.2 Å². The number of nitrogens with zero attached hydrogens (tertiary/aromatic N) is 4. The number of allylic oxidation sites excluding steroid dienone is 1. The molecule has 0 aliphatic rings. The molecule has 1 atom stereocenters. The quantitative estimate of drug-likeness (QED) is 0.226. The van der Waals surface area contributed by atoms with Gasteiger partial charge in [-0.15, -0.1) is 0 Å². The summed E-state index contributed by atoms with van der Waals surface area (Å²) < 4.78 is 8.47. The van der Waals surface area contributed by atoms with Crippen molar-refractivity contribution in [3.05, 3.63) is 92.6 Å². The molecular weight excluding hydrogens is 472 g/mol. The van der Waals surface area contributed by atoms with E-state index in [1.807, 2.05) is 73.7 Å². The normalized spacial score (nSPS) is 12.8. The molecule has 4 aromatic rings. The van der Waals surface area contributed by atoms with Gasteiger partial charge in [0.1, 0.15) is 18.5 Å². The lowest BCUT2D eigenvalue weighted by Gasteiger charge is -2.15. The van der Waals surface area contributed by atoms with Crippen molar-refractivity contribution in [1.29, 1.82) is 0 Å². The van der Waals surface area contributed by atoms with E-state index in [-0.39, 0.29) is 30.3 Å². The number of rotatable bonds is 10. The van der Waals surface area contributed by atoms with Gasteiger partial charge in [0.15, 0.2) is 11.2 Å². The van der Waals surface area contributed by atoms with Crippen molar-refractivity contribution in [3.63, 3.8) is 0 Å². The number of anilines is 1. The van der Waals surface area contributed by atoms with E-state index in [0.717, 1.165) is 12.0 Å². The van der Waals surface area contributed by atoms with Gasteiger partial charge in [-0.2, -0.15) is 10.1 Å². The third kappa shape index (κ3) is 6.22. The molecule has 0 aliphatic carbocycles. The summed E-state index contributed by atoms with van der Waals surface area (Å²) in [6, 6.07) is 17.4. The smallest absolute Gasteiger partial charge is 0.329 e. The van der Waals surface area contributed by atoms with Gasteiger partial charge >= 0.3 is 5.69 Å². The van der Waals surface area contributed by atoms with E-state index < -0.39 is 17.4 Å². The molecule has 2 heterocycles. The maximum atomic E-state index is 12.7. The van der Waals surface area contributed by atoms with Crippen LogP contribution in [0.25, 0.3) is 17.2 Å². The number of aromatic amines is 1. The minimum absolute atomic E-state index is 0.00361. The molecule has 0 saturated heterocycles. The summed E-state index contributed by atoms with van der Waals surface area (Å²) >= 11 is 0. The molecule has 0 radical (unpaired) electrons. The predicted molar refractivity (Wildman–Crippen MR) is 145 cm³/mol. The molecule has 2 aromatic carbocycles. The molecule has 0 fully saturated rings. The second-order valence-corrected chi connectivity index (χ2v) is 8.61. The highest BCUT2D eigenvalue weighted by atomic mass is 16.5. The molecule has 1 unspecified atom stereocenters. The second kappa shape index (κ2) is 11.5. The fourth-order valence-corrected chi connectivity index (χ4v) is 3.73. The molecule has 4 rings (SSSR count). The average molecular weight is 503 g/mol. The summed E-state index contributed by atoms with van der Waals surface area (Å²) in [6.45, 7) is 3.87. The number of hydrogen-bond donors (Lipinski definition) is 3. The monoisotopic (exact) mass is 502 g/mol. The van der Waals surface area contributed by atoms with E-state index in [9.17, 15) is 14.7 Å².